The number of rotatable bonds is 7. The summed E-state index contributed by atoms with van der Waals surface area (Å²) in [5, 5.41) is 0. The highest BCUT2D eigenvalue weighted by Gasteiger charge is 2.44. The molecular formula is C14H28N2O3. The third-order valence-electron chi connectivity index (χ3n) is 3.72. The van der Waals surface area contributed by atoms with Crippen molar-refractivity contribution in [1.82, 2.24) is 4.90 Å². The van der Waals surface area contributed by atoms with Gasteiger partial charge in [-0.2, -0.15) is 0 Å². The summed E-state index contributed by atoms with van der Waals surface area (Å²) < 4.78 is 10.6. The minimum Gasteiger partial charge on any atom is -0.465 e. The summed E-state index contributed by atoms with van der Waals surface area (Å²) in [5.74, 6) is -0.260. The van der Waals surface area contributed by atoms with Crippen LogP contribution in [-0.4, -0.2) is 55.4 Å². The van der Waals surface area contributed by atoms with Gasteiger partial charge in [-0.15, -0.1) is 0 Å². The van der Waals surface area contributed by atoms with Crippen molar-refractivity contribution in [2.24, 2.45) is 5.73 Å². The lowest BCUT2D eigenvalue weighted by molar-refractivity contribution is -0.149. The number of ether oxygens (including phenoxy) is 2. The van der Waals surface area contributed by atoms with Gasteiger partial charge in [-0.05, 0) is 47.1 Å². The maximum absolute atomic E-state index is 11.8. The molecule has 0 aliphatic heterocycles. The van der Waals surface area contributed by atoms with E-state index in [0.717, 1.165) is 13.0 Å². The van der Waals surface area contributed by atoms with Crippen molar-refractivity contribution in [3.63, 3.8) is 0 Å². The van der Waals surface area contributed by atoms with Crippen LogP contribution in [0.3, 0.4) is 0 Å². The van der Waals surface area contributed by atoms with Gasteiger partial charge >= 0.3 is 5.97 Å². The fraction of sp³-hybridized carbons (Fsp3) is 0.929. The Morgan fingerprint density at radius 2 is 2.21 bits per heavy atom. The summed E-state index contributed by atoms with van der Waals surface area (Å²) in [6, 6.07) is 0.338. The number of hydrogen-bond acceptors (Lipinski definition) is 5. The first-order chi connectivity index (χ1) is 8.89. The molecule has 112 valence electrons. The Labute approximate surface area is 116 Å². The molecule has 1 saturated carbocycles. The van der Waals surface area contributed by atoms with Crippen LogP contribution in [0.1, 0.15) is 40.0 Å². The molecule has 0 aromatic carbocycles. The number of nitrogens with zero attached hydrogens (tertiary/aromatic N) is 1. The average Bonchev–Trinajstić information content (AvgIpc) is 2.73. The van der Waals surface area contributed by atoms with Crippen LogP contribution in [0.5, 0.6) is 0 Å². The molecule has 0 aromatic heterocycles. The third-order valence-corrected chi connectivity index (χ3v) is 3.72. The van der Waals surface area contributed by atoms with Crippen LogP contribution in [0.4, 0.5) is 0 Å². The number of esters is 1. The van der Waals surface area contributed by atoms with Crippen LogP contribution in [0, 0.1) is 0 Å². The van der Waals surface area contributed by atoms with E-state index in [1.54, 1.807) is 0 Å². The topological polar surface area (TPSA) is 64.8 Å². The summed E-state index contributed by atoms with van der Waals surface area (Å²) in [7, 11) is 2.06. The minimum absolute atomic E-state index is 0.255. The van der Waals surface area contributed by atoms with Crippen molar-refractivity contribution in [1.29, 1.82) is 0 Å². The van der Waals surface area contributed by atoms with Crippen molar-refractivity contribution in [2.45, 2.75) is 57.7 Å². The quantitative estimate of drug-likeness (QED) is 0.704. The third kappa shape index (κ3) is 4.75. The molecule has 1 rings (SSSR count). The zero-order valence-electron chi connectivity index (χ0n) is 12.6. The first kappa shape index (κ1) is 16.4. The first-order valence-corrected chi connectivity index (χ1v) is 7.17. The van der Waals surface area contributed by atoms with Crippen LogP contribution >= 0.6 is 0 Å². The Morgan fingerprint density at radius 1 is 1.53 bits per heavy atom. The normalized spacial score (nSPS) is 27.2. The lowest BCUT2D eigenvalue weighted by Crippen LogP contribution is -2.48. The molecule has 1 fully saturated rings. The van der Waals surface area contributed by atoms with Crippen LogP contribution < -0.4 is 5.73 Å². The van der Waals surface area contributed by atoms with Gasteiger partial charge in [0.05, 0.1) is 19.3 Å². The van der Waals surface area contributed by atoms with E-state index < -0.39 is 5.54 Å². The minimum atomic E-state index is -0.798. The lowest BCUT2D eigenvalue weighted by Gasteiger charge is -2.26. The molecule has 2 unspecified atom stereocenters. The highest BCUT2D eigenvalue weighted by molar-refractivity contribution is 5.81. The lowest BCUT2D eigenvalue weighted by atomic mass is 9.99. The maximum Gasteiger partial charge on any atom is 0.326 e. The monoisotopic (exact) mass is 272 g/mol. The van der Waals surface area contributed by atoms with Crippen molar-refractivity contribution in [3.8, 4) is 0 Å². The Balaban J connectivity index is 2.40. The second kappa shape index (κ2) is 7.22. The highest BCUT2D eigenvalue weighted by Crippen LogP contribution is 2.31. The smallest absolute Gasteiger partial charge is 0.326 e. The van der Waals surface area contributed by atoms with Gasteiger partial charge in [0.1, 0.15) is 5.54 Å². The number of carbonyl (C=O) groups is 1. The zero-order valence-corrected chi connectivity index (χ0v) is 12.6. The Morgan fingerprint density at radius 3 is 2.79 bits per heavy atom. The Hall–Kier alpha value is -0.650. The van der Waals surface area contributed by atoms with Crippen LogP contribution in [0.25, 0.3) is 0 Å². The molecule has 0 heterocycles. The summed E-state index contributed by atoms with van der Waals surface area (Å²) in [6.45, 7) is 7.83. The van der Waals surface area contributed by atoms with E-state index in [1.807, 2.05) is 20.8 Å². The molecule has 2 N–H and O–H groups in total. The highest BCUT2D eigenvalue weighted by atomic mass is 16.5. The number of hydrogen-bond donors (Lipinski definition) is 1. The molecule has 0 saturated heterocycles. The second-order valence-corrected chi connectivity index (χ2v) is 5.67. The van der Waals surface area contributed by atoms with Crippen molar-refractivity contribution in [3.05, 3.63) is 0 Å². The summed E-state index contributed by atoms with van der Waals surface area (Å²) in [6.07, 6.45) is 2.56. The Kier molecular flexibility index (Phi) is 6.23. The molecule has 0 bridgehead atoms. The number of carbonyl (C=O) groups excluding carboxylic acids is 1. The molecule has 19 heavy (non-hydrogen) atoms. The van der Waals surface area contributed by atoms with E-state index in [0.29, 0.717) is 32.1 Å². The molecular weight excluding hydrogens is 244 g/mol. The number of likely N-dealkylation sites (N-methyl/N-ethyl adjacent to an activating group) is 1. The molecule has 0 spiro atoms. The van der Waals surface area contributed by atoms with Crippen molar-refractivity contribution < 1.29 is 14.3 Å². The largest absolute Gasteiger partial charge is 0.465 e. The molecule has 1 aliphatic rings. The van der Waals surface area contributed by atoms with E-state index in [1.165, 1.54) is 0 Å². The molecule has 5 nitrogen and oxygen atoms in total. The van der Waals surface area contributed by atoms with Crippen molar-refractivity contribution in [2.75, 3.05) is 26.8 Å². The average molecular weight is 272 g/mol. The van der Waals surface area contributed by atoms with Gasteiger partial charge in [0.25, 0.3) is 0 Å². The van der Waals surface area contributed by atoms with E-state index in [9.17, 15) is 4.79 Å². The Bertz CT molecular complexity index is 296. The molecule has 5 heteroatoms. The predicted octanol–water partition coefficient (Wildman–Crippen LogP) is 1.16. The van der Waals surface area contributed by atoms with E-state index in [2.05, 4.69) is 11.9 Å². The van der Waals surface area contributed by atoms with Crippen LogP contribution in [-0.2, 0) is 14.3 Å². The van der Waals surface area contributed by atoms with Crippen LogP contribution in [0.15, 0.2) is 0 Å². The molecule has 1 aliphatic carbocycles. The van der Waals surface area contributed by atoms with Gasteiger partial charge in [0.2, 0.25) is 0 Å². The van der Waals surface area contributed by atoms with E-state index in [4.69, 9.17) is 15.2 Å². The molecule has 2 atom stereocenters. The molecule has 0 radical (unpaired) electrons. The standard InChI is InChI=1S/C14H28N2O3/c1-5-18-13(17)14(15)7-6-12(10-14)16(4)8-9-19-11(2)3/h11-12H,5-10,15H2,1-4H3. The van der Waals surface area contributed by atoms with Crippen molar-refractivity contribution >= 4 is 5.97 Å². The van der Waals surface area contributed by atoms with E-state index in [-0.39, 0.29) is 12.1 Å². The van der Waals surface area contributed by atoms with Gasteiger partial charge in [0.15, 0.2) is 0 Å². The fourth-order valence-corrected chi connectivity index (χ4v) is 2.50. The molecule has 0 amide bonds. The summed E-state index contributed by atoms with van der Waals surface area (Å²) >= 11 is 0. The summed E-state index contributed by atoms with van der Waals surface area (Å²) in [5.41, 5.74) is 5.36. The van der Waals surface area contributed by atoms with Crippen LogP contribution in [0.2, 0.25) is 0 Å². The predicted molar refractivity (Wildman–Crippen MR) is 74.9 cm³/mol. The van der Waals surface area contributed by atoms with E-state index >= 15 is 0 Å². The maximum atomic E-state index is 11.8. The van der Waals surface area contributed by atoms with Gasteiger partial charge in [-0.25, -0.2) is 0 Å². The van der Waals surface area contributed by atoms with Gasteiger partial charge in [-0.3, -0.25) is 4.79 Å². The molecule has 0 aromatic rings. The van der Waals surface area contributed by atoms with Gasteiger partial charge in [0, 0.05) is 12.6 Å². The second-order valence-electron chi connectivity index (χ2n) is 5.67. The number of nitrogens with two attached hydrogens (primary N) is 1. The van der Waals surface area contributed by atoms with Gasteiger partial charge < -0.3 is 20.1 Å². The summed E-state index contributed by atoms with van der Waals surface area (Å²) in [4.78, 5) is 14.1. The zero-order chi connectivity index (χ0) is 14.5. The van der Waals surface area contributed by atoms with Gasteiger partial charge in [-0.1, -0.05) is 0 Å². The fourth-order valence-electron chi connectivity index (χ4n) is 2.50. The SMILES string of the molecule is CCOC(=O)C1(N)CCC(N(C)CCOC(C)C)C1. The first-order valence-electron chi connectivity index (χ1n) is 7.17.